The lowest BCUT2D eigenvalue weighted by Gasteiger charge is -2.05. The first-order valence-electron chi connectivity index (χ1n) is 6.12. The molecule has 0 atom stereocenters. The van der Waals surface area contributed by atoms with Gasteiger partial charge in [-0.05, 0) is 24.1 Å². The monoisotopic (exact) mass is 286 g/mol. The molecule has 1 aromatic carbocycles. The average molecular weight is 286 g/mol. The van der Waals surface area contributed by atoms with E-state index in [1.807, 2.05) is 6.07 Å². The molecule has 5 nitrogen and oxygen atoms in total. The summed E-state index contributed by atoms with van der Waals surface area (Å²) in [5, 5.41) is 14.7. The summed E-state index contributed by atoms with van der Waals surface area (Å²) in [7, 11) is 0. The first-order chi connectivity index (χ1) is 9.58. The summed E-state index contributed by atoms with van der Waals surface area (Å²) < 4.78 is 0. The summed E-state index contributed by atoms with van der Waals surface area (Å²) in [6.45, 7) is 4.15. The number of carbonyl (C=O) groups is 1. The standard InChI is InChI=1S/C14H14N4OS/c1-9(2)12-8-16-14(20-12)18-13(19)17-11-5-3-4-10(6-11)7-15/h3-6,8-9H,1-2H3,(H2,16,17,18,19). The number of thiazole rings is 1. The molecule has 1 heterocycles. The molecule has 0 fully saturated rings. The van der Waals surface area contributed by atoms with Crippen LogP contribution in [0, 0.1) is 11.3 Å². The Morgan fingerprint density at radius 3 is 2.85 bits per heavy atom. The molecule has 0 unspecified atom stereocenters. The lowest BCUT2D eigenvalue weighted by Crippen LogP contribution is -2.19. The number of carbonyl (C=O) groups excluding carboxylic acids is 1. The normalized spacial score (nSPS) is 10.1. The predicted molar refractivity (Wildman–Crippen MR) is 80.0 cm³/mol. The molecule has 0 aliphatic rings. The summed E-state index contributed by atoms with van der Waals surface area (Å²) in [6.07, 6.45) is 1.77. The molecule has 20 heavy (non-hydrogen) atoms. The molecule has 0 saturated heterocycles. The van der Waals surface area contributed by atoms with Crippen molar-refractivity contribution in [3.8, 4) is 6.07 Å². The van der Waals surface area contributed by atoms with E-state index >= 15 is 0 Å². The van der Waals surface area contributed by atoms with Gasteiger partial charge in [-0.2, -0.15) is 5.26 Å². The highest BCUT2D eigenvalue weighted by Crippen LogP contribution is 2.25. The third-order valence-corrected chi connectivity index (χ3v) is 3.78. The molecule has 0 radical (unpaired) electrons. The second kappa shape index (κ2) is 6.17. The van der Waals surface area contributed by atoms with Gasteiger partial charge in [-0.1, -0.05) is 19.9 Å². The molecule has 6 heteroatoms. The highest BCUT2D eigenvalue weighted by Gasteiger charge is 2.09. The Labute approximate surface area is 121 Å². The quantitative estimate of drug-likeness (QED) is 0.901. The highest BCUT2D eigenvalue weighted by molar-refractivity contribution is 7.15. The van der Waals surface area contributed by atoms with Crippen LogP contribution in [-0.2, 0) is 0 Å². The molecule has 1 aromatic heterocycles. The van der Waals surface area contributed by atoms with Crippen LogP contribution >= 0.6 is 11.3 Å². The van der Waals surface area contributed by atoms with E-state index in [9.17, 15) is 4.79 Å². The number of benzene rings is 1. The second-order valence-electron chi connectivity index (χ2n) is 4.49. The van der Waals surface area contributed by atoms with Crippen LogP contribution in [0.3, 0.4) is 0 Å². The Hall–Kier alpha value is -2.39. The first-order valence-corrected chi connectivity index (χ1v) is 6.94. The molecule has 0 saturated carbocycles. The van der Waals surface area contributed by atoms with E-state index in [4.69, 9.17) is 5.26 Å². The summed E-state index contributed by atoms with van der Waals surface area (Å²) in [5.41, 5.74) is 1.07. The van der Waals surface area contributed by atoms with Crippen LogP contribution in [0.2, 0.25) is 0 Å². The molecule has 2 N–H and O–H groups in total. The Morgan fingerprint density at radius 2 is 2.20 bits per heavy atom. The molecule has 0 bridgehead atoms. The van der Waals surface area contributed by atoms with Crippen LogP contribution in [0.4, 0.5) is 15.6 Å². The van der Waals surface area contributed by atoms with E-state index in [2.05, 4.69) is 29.5 Å². The van der Waals surface area contributed by atoms with Gasteiger partial charge in [-0.25, -0.2) is 9.78 Å². The van der Waals surface area contributed by atoms with Crippen LogP contribution in [0.1, 0.15) is 30.2 Å². The minimum atomic E-state index is -0.371. The molecular weight excluding hydrogens is 272 g/mol. The molecule has 0 aliphatic carbocycles. The van der Waals surface area contributed by atoms with Crippen LogP contribution in [0.15, 0.2) is 30.5 Å². The van der Waals surface area contributed by atoms with Crippen molar-refractivity contribution in [2.75, 3.05) is 10.6 Å². The fraction of sp³-hybridized carbons (Fsp3) is 0.214. The van der Waals surface area contributed by atoms with Gasteiger partial charge < -0.3 is 5.32 Å². The number of rotatable bonds is 3. The number of nitrogens with one attached hydrogen (secondary N) is 2. The topological polar surface area (TPSA) is 77.8 Å². The van der Waals surface area contributed by atoms with E-state index in [1.54, 1.807) is 30.5 Å². The Morgan fingerprint density at radius 1 is 1.40 bits per heavy atom. The number of aromatic nitrogens is 1. The zero-order valence-electron chi connectivity index (χ0n) is 11.2. The van der Waals surface area contributed by atoms with E-state index < -0.39 is 0 Å². The molecule has 2 amide bonds. The van der Waals surface area contributed by atoms with Gasteiger partial charge in [0.15, 0.2) is 5.13 Å². The molecule has 2 aromatic rings. The third kappa shape index (κ3) is 3.56. The number of amides is 2. The second-order valence-corrected chi connectivity index (χ2v) is 5.56. The number of urea groups is 1. The van der Waals surface area contributed by atoms with Crippen molar-refractivity contribution in [2.24, 2.45) is 0 Å². The van der Waals surface area contributed by atoms with Crippen molar-refractivity contribution in [1.29, 1.82) is 5.26 Å². The number of nitrogens with zero attached hydrogens (tertiary/aromatic N) is 2. The first kappa shape index (κ1) is 14.0. The molecule has 0 aliphatic heterocycles. The Bertz CT molecular complexity index is 657. The maximum atomic E-state index is 11.8. The van der Waals surface area contributed by atoms with Gasteiger partial charge in [0, 0.05) is 16.8 Å². The molecule has 0 spiro atoms. The van der Waals surface area contributed by atoms with Gasteiger partial charge in [-0.15, -0.1) is 11.3 Å². The highest BCUT2D eigenvalue weighted by atomic mass is 32.1. The van der Waals surface area contributed by atoms with Gasteiger partial charge in [-0.3, -0.25) is 5.32 Å². The van der Waals surface area contributed by atoms with Crippen LogP contribution in [-0.4, -0.2) is 11.0 Å². The Balaban J connectivity index is 1.99. The van der Waals surface area contributed by atoms with Gasteiger partial charge >= 0.3 is 6.03 Å². The summed E-state index contributed by atoms with van der Waals surface area (Å²) in [5.74, 6) is 0.387. The van der Waals surface area contributed by atoms with Crippen molar-refractivity contribution in [3.63, 3.8) is 0 Å². The van der Waals surface area contributed by atoms with E-state index in [1.165, 1.54) is 11.3 Å². The van der Waals surface area contributed by atoms with Crippen LogP contribution in [0.5, 0.6) is 0 Å². The summed E-state index contributed by atoms with van der Waals surface area (Å²) in [6, 6.07) is 8.39. The van der Waals surface area contributed by atoms with Gasteiger partial charge in [0.25, 0.3) is 0 Å². The molecular formula is C14H14N4OS. The number of anilines is 2. The van der Waals surface area contributed by atoms with E-state index in [-0.39, 0.29) is 6.03 Å². The summed E-state index contributed by atoms with van der Waals surface area (Å²) in [4.78, 5) is 17.1. The van der Waals surface area contributed by atoms with Crippen molar-refractivity contribution >= 4 is 28.2 Å². The smallest absolute Gasteiger partial charge is 0.308 e. The zero-order valence-corrected chi connectivity index (χ0v) is 12.0. The lowest BCUT2D eigenvalue weighted by atomic mass is 10.2. The van der Waals surface area contributed by atoms with Gasteiger partial charge in [0.05, 0.1) is 11.6 Å². The van der Waals surface area contributed by atoms with Gasteiger partial charge in [0.2, 0.25) is 0 Å². The minimum absolute atomic E-state index is 0.371. The molecule has 102 valence electrons. The maximum Gasteiger partial charge on any atom is 0.325 e. The van der Waals surface area contributed by atoms with Crippen LogP contribution < -0.4 is 10.6 Å². The average Bonchev–Trinajstić information content (AvgIpc) is 2.87. The number of nitriles is 1. The van der Waals surface area contributed by atoms with Gasteiger partial charge in [0.1, 0.15) is 0 Å². The minimum Gasteiger partial charge on any atom is -0.308 e. The van der Waals surface area contributed by atoms with Crippen molar-refractivity contribution in [1.82, 2.24) is 4.98 Å². The van der Waals surface area contributed by atoms with Crippen molar-refractivity contribution in [3.05, 3.63) is 40.9 Å². The largest absolute Gasteiger partial charge is 0.325 e. The van der Waals surface area contributed by atoms with E-state index in [0.29, 0.717) is 22.3 Å². The fourth-order valence-corrected chi connectivity index (χ4v) is 2.35. The van der Waals surface area contributed by atoms with Crippen LogP contribution in [0.25, 0.3) is 0 Å². The predicted octanol–water partition coefficient (Wildman–Crippen LogP) is 3.78. The zero-order chi connectivity index (χ0) is 14.5. The molecule has 2 rings (SSSR count). The lowest BCUT2D eigenvalue weighted by molar-refractivity contribution is 0.262. The third-order valence-electron chi connectivity index (χ3n) is 2.56. The van der Waals surface area contributed by atoms with E-state index in [0.717, 1.165) is 4.88 Å². The SMILES string of the molecule is CC(C)c1cnc(NC(=O)Nc2cccc(C#N)c2)s1. The maximum absolute atomic E-state index is 11.8. The fourth-order valence-electron chi connectivity index (χ4n) is 1.54. The number of hydrogen-bond acceptors (Lipinski definition) is 4. The van der Waals surface area contributed by atoms with Crippen molar-refractivity contribution < 1.29 is 4.79 Å². The van der Waals surface area contributed by atoms with Crippen molar-refractivity contribution in [2.45, 2.75) is 19.8 Å². The summed E-state index contributed by atoms with van der Waals surface area (Å²) >= 11 is 1.45. The number of hydrogen-bond donors (Lipinski definition) is 2. The Kier molecular flexibility index (Phi) is 4.33.